The van der Waals surface area contributed by atoms with E-state index in [9.17, 15) is 17.6 Å². The van der Waals surface area contributed by atoms with Crippen molar-refractivity contribution in [1.29, 1.82) is 0 Å². The molecule has 0 amide bonds. The highest BCUT2D eigenvalue weighted by molar-refractivity contribution is 5.66. The molecule has 0 aliphatic carbocycles. The number of hydrogen-bond donors (Lipinski definition) is 0. The zero-order valence-electron chi connectivity index (χ0n) is 16.4. The van der Waals surface area contributed by atoms with Crippen LogP contribution in [0.1, 0.15) is 17.5 Å². The van der Waals surface area contributed by atoms with E-state index in [1.165, 1.54) is 31.2 Å². The third kappa shape index (κ3) is 4.64. The molecule has 3 rings (SSSR count). The monoisotopic (exact) mass is 416 g/mol. The second kappa shape index (κ2) is 9.48. The maximum atomic E-state index is 14.5. The molecule has 0 saturated heterocycles. The molecule has 6 heteroatoms. The fourth-order valence-corrected chi connectivity index (χ4v) is 2.81. The lowest BCUT2D eigenvalue weighted by atomic mass is 10.0. The molecule has 3 aromatic rings. The van der Waals surface area contributed by atoms with Crippen LogP contribution in [0.5, 0.6) is 11.5 Å². The maximum Gasteiger partial charge on any atom is 0.201 e. The summed E-state index contributed by atoms with van der Waals surface area (Å²) in [5.41, 5.74) is 0.806. The Morgan fingerprint density at radius 2 is 1.53 bits per heavy atom. The van der Waals surface area contributed by atoms with Gasteiger partial charge in [0.15, 0.2) is 23.2 Å². The number of ether oxygens (including phenoxy) is 2. The van der Waals surface area contributed by atoms with Gasteiger partial charge in [-0.1, -0.05) is 30.3 Å². The van der Waals surface area contributed by atoms with Crippen molar-refractivity contribution in [2.45, 2.75) is 20.0 Å². The molecule has 0 spiro atoms. The molecule has 0 unspecified atom stereocenters. The molecule has 2 nitrogen and oxygen atoms in total. The first-order valence-corrected chi connectivity index (χ1v) is 9.30. The van der Waals surface area contributed by atoms with Crippen molar-refractivity contribution in [3.8, 4) is 22.6 Å². The lowest BCUT2D eigenvalue weighted by Gasteiger charge is -2.11. The second-order valence-electron chi connectivity index (χ2n) is 6.65. The Morgan fingerprint density at radius 3 is 2.23 bits per heavy atom. The van der Waals surface area contributed by atoms with E-state index >= 15 is 0 Å². The summed E-state index contributed by atoms with van der Waals surface area (Å²) in [6, 6.07) is 11.9. The Morgan fingerprint density at radius 1 is 0.800 bits per heavy atom. The highest BCUT2D eigenvalue weighted by atomic mass is 19.2. The third-order valence-electron chi connectivity index (χ3n) is 4.54. The van der Waals surface area contributed by atoms with Gasteiger partial charge < -0.3 is 9.47 Å². The number of hydrogen-bond acceptors (Lipinski definition) is 2. The molecular formula is C24H20F4O2. The lowest BCUT2D eigenvalue weighted by Crippen LogP contribution is -2.02. The predicted octanol–water partition coefficient (Wildman–Crippen LogP) is 6.75. The van der Waals surface area contributed by atoms with E-state index in [4.69, 9.17) is 9.47 Å². The standard InChI is InChI=1S/C24H20F4O2/c1-3-4-13-29-20-12-11-19(23(27)24(20)28)16-7-9-18(10-8-16)30-14-17-6-5-15(2)21(25)22(17)26/h3,5-12H,1,4,13-14H2,2H3. The largest absolute Gasteiger partial charge is 0.490 e. The molecule has 0 aliphatic rings. The number of rotatable bonds is 8. The van der Waals surface area contributed by atoms with Crippen molar-refractivity contribution in [2.24, 2.45) is 0 Å². The molecule has 0 atom stereocenters. The van der Waals surface area contributed by atoms with Gasteiger partial charge in [0.2, 0.25) is 5.82 Å². The average Bonchev–Trinajstić information content (AvgIpc) is 2.75. The Balaban J connectivity index is 1.72. The SMILES string of the molecule is C=CCCOc1ccc(-c2ccc(OCc3ccc(C)c(F)c3F)cc2)c(F)c1F. The first-order valence-electron chi connectivity index (χ1n) is 9.30. The smallest absolute Gasteiger partial charge is 0.201 e. The third-order valence-corrected chi connectivity index (χ3v) is 4.54. The van der Waals surface area contributed by atoms with Crippen LogP contribution in [0.3, 0.4) is 0 Å². The molecule has 0 N–H and O–H groups in total. The van der Waals surface area contributed by atoms with Gasteiger partial charge in [0.05, 0.1) is 6.61 Å². The second-order valence-corrected chi connectivity index (χ2v) is 6.65. The van der Waals surface area contributed by atoms with Crippen LogP contribution in [0.15, 0.2) is 61.2 Å². The summed E-state index contributed by atoms with van der Waals surface area (Å²) in [6.07, 6.45) is 2.14. The van der Waals surface area contributed by atoms with Crippen LogP contribution >= 0.6 is 0 Å². The zero-order valence-corrected chi connectivity index (χ0v) is 16.4. The van der Waals surface area contributed by atoms with E-state index in [2.05, 4.69) is 6.58 Å². The first kappa shape index (κ1) is 21.4. The van der Waals surface area contributed by atoms with Gasteiger partial charge in [-0.05, 0) is 48.7 Å². The van der Waals surface area contributed by atoms with Gasteiger partial charge in [-0.15, -0.1) is 6.58 Å². The predicted molar refractivity (Wildman–Crippen MR) is 108 cm³/mol. The molecule has 3 aromatic carbocycles. The molecule has 0 aromatic heterocycles. The van der Waals surface area contributed by atoms with Crippen LogP contribution in [0.4, 0.5) is 17.6 Å². The summed E-state index contributed by atoms with van der Waals surface area (Å²) >= 11 is 0. The van der Waals surface area contributed by atoms with Crippen molar-refractivity contribution in [1.82, 2.24) is 0 Å². The normalized spacial score (nSPS) is 10.7. The molecule has 0 radical (unpaired) electrons. The molecule has 30 heavy (non-hydrogen) atoms. The highest BCUT2D eigenvalue weighted by Crippen LogP contribution is 2.31. The summed E-state index contributed by atoms with van der Waals surface area (Å²) in [5, 5.41) is 0. The molecule has 0 fully saturated rings. The number of benzene rings is 3. The molecule has 0 bridgehead atoms. The Bertz CT molecular complexity index is 1050. The number of halogens is 4. The Hall–Kier alpha value is -3.28. The van der Waals surface area contributed by atoms with Crippen molar-refractivity contribution < 1.29 is 27.0 Å². The quantitative estimate of drug-likeness (QED) is 0.230. The molecule has 0 saturated carbocycles. The van der Waals surface area contributed by atoms with Crippen LogP contribution in [-0.2, 0) is 6.61 Å². The Labute approximate surface area is 172 Å². The van der Waals surface area contributed by atoms with E-state index in [1.54, 1.807) is 30.3 Å². The van der Waals surface area contributed by atoms with Crippen molar-refractivity contribution in [3.63, 3.8) is 0 Å². The van der Waals surface area contributed by atoms with Crippen molar-refractivity contribution >= 4 is 0 Å². The molecular weight excluding hydrogens is 396 g/mol. The maximum absolute atomic E-state index is 14.5. The van der Waals surface area contributed by atoms with E-state index in [0.29, 0.717) is 17.7 Å². The molecule has 156 valence electrons. The van der Waals surface area contributed by atoms with Crippen LogP contribution < -0.4 is 9.47 Å². The van der Waals surface area contributed by atoms with Gasteiger partial charge >= 0.3 is 0 Å². The lowest BCUT2D eigenvalue weighted by molar-refractivity contribution is 0.297. The Kier molecular flexibility index (Phi) is 6.77. The van der Waals surface area contributed by atoms with E-state index in [1.807, 2.05) is 0 Å². The van der Waals surface area contributed by atoms with Gasteiger partial charge in [-0.3, -0.25) is 0 Å². The van der Waals surface area contributed by atoms with E-state index < -0.39 is 23.3 Å². The van der Waals surface area contributed by atoms with Gasteiger partial charge in [0, 0.05) is 11.1 Å². The number of aryl methyl sites for hydroxylation is 1. The minimum atomic E-state index is -1.06. The fraction of sp³-hybridized carbons (Fsp3) is 0.167. The van der Waals surface area contributed by atoms with Crippen LogP contribution in [0.25, 0.3) is 11.1 Å². The fourth-order valence-electron chi connectivity index (χ4n) is 2.81. The van der Waals surface area contributed by atoms with Crippen LogP contribution in [0.2, 0.25) is 0 Å². The van der Waals surface area contributed by atoms with E-state index in [-0.39, 0.29) is 35.7 Å². The highest BCUT2D eigenvalue weighted by Gasteiger charge is 2.16. The average molecular weight is 416 g/mol. The minimum Gasteiger partial charge on any atom is -0.490 e. The summed E-state index contributed by atoms with van der Waals surface area (Å²) in [5.74, 6) is -3.71. The first-order chi connectivity index (χ1) is 14.4. The minimum absolute atomic E-state index is 0.0711. The summed E-state index contributed by atoms with van der Waals surface area (Å²) in [6.45, 7) is 5.06. The van der Waals surface area contributed by atoms with Gasteiger partial charge in [-0.2, -0.15) is 4.39 Å². The summed E-state index contributed by atoms with van der Waals surface area (Å²) in [7, 11) is 0. The van der Waals surface area contributed by atoms with Gasteiger partial charge in [-0.25, -0.2) is 13.2 Å². The van der Waals surface area contributed by atoms with Gasteiger partial charge in [0.25, 0.3) is 0 Å². The van der Waals surface area contributed by atoms with Crippen LogP contribution in [0, 0.1) is 30.2 Å². The molecule has 0 heterocycles. The van der Waals surface area contributed by atoms with Crippen molar-refractivity contribution in [2.75, 3.05) is 6.61 Å². The van der Waals surface area contributed by atoms with Crippen molar-refractivity contribution in [3.05, 3.63) is 95.6 Å². The zero-order chi connectivity index (χ0) is 21.7. The molecule has 0 aliphatic heterocycles. The van der Waals surface area contributed by atoms with E-state index in [0.717, 1.165) is 0 Å². The summed E-state index contributed by atoms with van der Waals surface area (Å²) in [4.78, 5) is 0. The van der Waals surface area contributed by atoms with Gasteiger partial charge in [0.1, 0.15) is 12.4 Å². The van der Waals surface area contributed by atoms with Crippen LogP contribution in [-0.4, -0.2) is 6.61 Å². The summed E-state index contributed by atoms with van der Waals surface area (Å²) < 4.78 is 66.9. The topological polar surface area (TPSA) is 18.5 Å².